The minimum atomic E-state index is 0.0846. The Bertz CT molecular complexity index is 64.6. The van der Waals surface area contributed by atoms with Crippen molar-refractivity contribution in [3.63, 3.8) is 0 Å². The van der Waals surface area contributed by atoms with E-state index in [9.17, 15) is 0 Å². The lowest BCUT2D eigenvalue weighted by Gasteiger charge is -2.17. The van der Waals surface area contributed by atoms with Crippen LogP contribution in [0.2, 0.25) is 0 Å². The minimum Gasteiger partial charge on any atom is -0.381 e. The van der Waals surface area contributed by atoms with Crippen LogP contribution in [0.25, 0.3) is 0 Å². The highest BCUT2D eigenvalue weighted by Gasteiger charge is 1.95. The summed E-state index contributed by atoms with van der Waals surface area (Å²) in [7, 11) is 0. The summed E-state index contributed by atoms with van der Waals surface area (Å²) in [6, 6.07) is 0. The Morgan fingerprint density at radius 1 is 1.30 bits per heavy atom. The maximum absolute atomic E-state index is 8.39. The predicted molar refractivity (Wildman–Crippen MR) is 42.9 cm³/mol. The second kappa shape index (κ2) is 6.99. The highest BCUT2D eigenvalue weighted by Crippen LogP contribution is 1.83. The van der Waals surface area contributed by atoms with Crippen LogP contribution >= 0.6 is 0 Å². The zero-order chi connectivity index (χ0) is 7.82. The fourth-order valence-corrected chi connectivity index (χ4v) is 0.856. The molecule has 0 fully saturated rings. The first kappa shape index (κ1) is 9.88. The van der Waals surface area contributed by atoms with Crippen LogP contribution in [-0.4, -0.2) is 42.9 Å². The van der Waals surface area contributed by atoms with Crippen molar-refractivity contribution in [2.24, 2.45) is 0 Å². The van der Waals surface area contributed by atoms with Gasteiger partial charge in [-0.1, -0.05) is 13.8 Å². The first-order valence-electron chi connectivity index (χ1n) is 3.89. The second-order valence-electron chi connectivity index (χ2n) is 2.18. The molecule has 0 aliphatic rings. The van der Waals surface area contributed by atoms with E-state index in [4.69, 9.17) is 5.11 Å². The van der Waals surface area contributed by atoms with Crippen LogP contribution in [0.15, 0.2) is 0 Å². The van der Waals surface area contributed by atoms with E-state index < -0.39 is 0 Å². The smallest absolute Gasteiger partial charge is 0.0931 e. The van der Waals surface area contributed by atoms with E-state index in [1.807, 2.05) is 0 Å². The molecule has 0 amide bonds. The summed E-state index contributed by atoms with van der Waals surface area (Å²) in [6.07, 6.45) is 0. The summed E-state index contributed by atoms with van der Waals surface area (Å²) >= 11 is 0. The van der Waals surface area contributed by atoms with E-state index in [-0.39, 0.29) is 6.73 Å². The van der Waals surface area contributed by atoms with Gasteiger partial charge in [0.1, 0.15) is 0 Å². The van der Waals surface area contributed by atoms with Crippen molar-refractivity contribution in [1.82, 2.24) is 10.2 Å². The zero-order valence-corrected chi connectivity index (χ0v) is 6.93. The molecular weight excluding hydrogens is 128 g/mol. The van der Waals surface area contributed by atoms with E-state index in [0.29, 0.717) is 0 Å². The third-order valence-electron chi connectivity index (χ3n) is 1.61. The molecule has 0 aromatic heterocycles. The van der Waals surface area contributed by atoms with Crippen molar-refractivity contribution in [3.8, 4) is 0 Å². The Morgan fingerprint density at radius 2 is 1.90 bits per heavy atom. The SMILES string of the molecule is CCN(CC)CCNCO. The molecular formula is C7H18N2O. The molecule has 0 aliphatic heterocycles. The van der Waals surface area contributed by atoms with E-state index in [1.54, 1.807) is 0 Å². The molecule has 0 bridgehead atoms. The fraction of sp³-hybridized carbons (Fsp3) is 1.00. The molecule has 0 spiro atoms. The molecule has 2 N–H and O–H groups in total. The van der Waals surface area contributed by atoms with Gasteiger partial charge in [-0.05, 0) is 13.1 Å². The number of nitrogens with zero attached hydrogens (tertiary/aromatic N) is 1. The molecule has 0 saturated carbocycles. The quantitative estimate of drug-likeness (QED) is 0.405. The number of nitrogens with one attached hydrogen (secondary N) is 1. The molecule has 0 rings (SSSR count). The van der Waals surface area contributed by atoms with Crippen LogP contribution in [0.1, 0.15) is 13.8 Å². The Kier molecular flexibility index (Phi) is 6.91. The fourth-order valence-electron chi connectivity index (χ4n) is 0.856. The van der Waals surface area contributed by atoms with E-state index in [2.05, 4.69) is 24.1 Å². The number of rotatable bonds is 6. The molecule has 0 aliphatic carbocycles. The van der Waals surface area contributed by atoms with Gasteiger partial charge in [0.25, 0.3) is 0 Å². The topological polar surface area (TPSA) is 35.5 Å². The van der Waals surface area contributed by atoms with Gasteiger partial charge in [0.15, 0.2) is 0 Å². The molecule has 0 unspecified atom stereocenters. The average Bonchev–Trinajstić information content (AvgIpc) is 1.99. The van der Waals surface area contributed by atoms with Crippen molar-refractivity contribution in [1.29, 1.82) is 0 Å². The number of hydrogen-bond donors (Lipinski definition) is 2. The standard InChI is InChI=1S/C7H18N2O/c1-3-9(4-2)6-5-8-7-10/h8,10H,3-7H2,1-2H3. The van der Waals surface area contributed by atoms with E-state index in [1.165, 1.54) is 0 Å². The van der Waals surface area contributed by atoms with Gasteiger partial charge in [-0.15, -0.1) is 0 Å². The molecule has 0 heterocycles. The summed E-state index contributed by atoms with van der Waals surface area (Å²) in [5.41, 5.74) is 0. The maximum atomic E-state index is 8.39. The lowest BCUT2D eigenvalue weighted by Crippen LogP contribution is -2.32. The number of likely N-dealkylation sites (N-methyl/N-ethyl adjacent to an activating group) is 1. The third kappa shape index (κ3) is 4.73. The van der Waals surface area contributed by atoms with Gasteiger partial charge in [-0.2, -0.15) is 0 Å². The molecule has 0 aromatic rings. The van der Waals surface area contributed by atoms with Crippen LogP contribution < -0.4 is 5.32 Å². The molecule has 10 heavy (non-hydrogen) atoms. The number of aliphatic hydroxyl groups is 1. The summed E-state index contributed by atoms with van der Waals surface area (Å²) < 4.78 is 0. The number of hydrogen-bond acceptors (Lipinski definition) is 3. The molecule has 0 radical (unpaired) electrons. The average molecular weight is 146 g/mol. The van der Waals surface area contributed by atoms with Crippen LogP contribution in [0.4, 0.5) is 0 Å². The molecule has 3 heteroatoms. The van der Waals surface area contributed by atoms with Crippen molar-refractivity contribution in [2.45, 2.75) is 13.8 Å². The second-order valence-corrected chi connectivity index (χ2v) is 2.18. The van der Waals surface area contributed by atoms with Crippen LogP contribution in [0.5, 0.6) is 0 Å². The Labute approximate surface area is 63.0 Å². The monoisotopic (exact) mass is 146 g/mol. The van der Waals surface area contributed by atoms with Crippen molar-refractivity contribution in [3.05, 3.63) is 0 Å². The normalized spacial score (nSPS) is 10.8. The molecule has 62 valence electrons. The predicted octanol–water partition coefficient (Wildman–Crippen LogP) is -0.132. The zero-order valence-electron chi connectivity index (χ0n) is 6.93. The Morgan fingerprint density at radius 3 is 2.30 bits per heavy atom. The number of aliphatic hydroxyl groups excluding tert-OH is 1. The summed E-state index contributed by atoms with van der Waals surface area (Å²) in [5, 5.41) is 11.3. The van der Waals surface area contributed by atoms with Gasteiger partial charge in [0, 0.05) is 13.1 Å². The van der Waals surface area contributed by atoms with Gasteiger partial charge in [0.05, 0.1) is 6.73 Å². The first-order valence-corrected chi connectivity index (χ1v) is 3.89. The van der Waals surface area contributed by atoms with Gasteiger partial charge in [0.2, 0.25) is 0 Å². The molecule has 0 saturated heterocycles. The van der Waals surface area contributed by atoms with Crippen molar-refractivity contribution in [2.75, 3.05) is 32.9 Å². The van der Waals surface area contributed by atoms with E-state index >= 15 is 0 Å². The van der Waals surface area contributed by atoms with Gasteiger partial charge in [-0.25, -0.2) is 0 Å². The van der Waals surface area contributed by atoms with E-state index in [0.717, 1.165) is 26.2 Å². The summed E-state index contributed by atoms with van der Waals surface area (Å²) in [6.45, 7) is 8.44. The van der Waals surface area contributed by atoms with Gasteiger partial charge in [-0.3, -0.25) is 5.32 Å². The Balaban J connectivity index is 3.09. The third-order valence-corrected chi connectivity index (χ3v) is 1.61. The van der Waals surface area contributed by atoms with Crippen LogP contribution in [0, 0.1) is 0 Å². The molecule has 0 atom stereocenters. The maximum Gasteiger partial charge on any atom is 0.0931 e. The first-order chi connectivity index (χ1) is 4.85. The van der Waals surface area contributed by atoms with Gasteiger partial charge < -0.3 is 10.0 Å². The largest absolute Gasteiger partial charge is 0.381 e. The molecule has 0 aromatic carbocycles. The van der Waals surface area contributed by atoms with Crippen LogP contribution in [-0.2, 0) is 0 Å². The van der Waals surface area contributed by atoms with Gasteiger partial charge >= 0.3 is 0 Å². The minimum absolute atomic E-state index is 0.0846. The lowest BCUT2D eigenvalue weighted by atomic mass is 10.5. The molecule has 3 nitrogen and oxygen atoms in total. The van der Waals surface area contributed by atoms with Crippen molar-refractivity contribution >= 4 is 0 Å². The highest BCUT2D eigenvalue weighted by atomic mass is 16.3. The summed E-state index contributed by atoms with van der Waals surface area (Å²) in [5.74, 6) is 0. The highest BCUT2D eigenvalue weighted by molar-refractivity contribution is 4.52. The van der Waals surface area contributed by atoms with Crippen LogP contribution in [0.3, 0.4) is 0 Å². The summed E-state index contributed by atoms with van der Waals surface area (Å²) in [4.78, 5) is 2.31. The Hall–Kier alpha value is -0.120. The lowest BCUT2D eigenvalue weighted by molar-refractivity contribution is 0.240. The van der Waals surface area contributed by atoms with Crippen molar-refractivity contribution < 1.29 is 5.11 Å².